The smallest absolute Gasteiger partial charge is 0.321 e. The maximum absolute atomic E-state index is 15.5. The molecule has 7 nitrogen and oxygen atoms in total. The van der Waals surface area contributed by atoms with Gasteiger partial charge in [-0.3, -0.25) is 4.98 Å². The van der Waals surface area contributed by atoms with E-state index in [9.17, 15) is 22.7 Å². The Kier molecular flexibility index (Phi) is 6.61. The number of carbonyl (C=O) groups excluding carboxylic acids is 1. The second-order valence-electron chi connectivity index (χ2n) is 7.78. The number of benzene rings is 1. The van der Waals surface area contributed by atoms with E-state index < -0.39 is 43.6 Å². The third-order valence-corrected chi connectivity index (χ3v) is 7.86. The third-order valence-electron chi connectivity index (χ3n) is 5.60. The molecule has 0 bridgehead atoms. The van der Waals surface area contributed by atoms with Crippen LogP contribution in [-0.4, -0.2) is 47.5 Å². The summed E-state index contributed by atoms with van der Waals surface area (Å²) in [6.07, 6.45) is 0.972. The fourth-order valence-electron chi connectivity index (χ4n) is 3.64. The summed E-state index contributed by atoms with van der Waals surface area (Å²) < 4.78 is 54.5. The summed E-state index contributed by atoms with van der Waals surface area (Å²) >= 11 is 0. The van der Waals surface area contributed by atoms with Crippen molar-refractivity contribution in [2.24, 2.45) is 5.92 Å². The fraction of sp³-hybridized carbons (Fsp3) is 0.429. The van der Waals surface area contributed by atoms with Gasteiger partial charge in [0.15, 0.2) is 0 Å². The van der Waals surface area contributed by atoms with Crippen molar-refractivity contribution in [3.63, 3.8) is 0 Å². The lowest BCUT2D eigenvalue weighted by molar-refractivity contribution is 0.117. The number of urea groups is 1. The van der Waals surface area contributed by atoms with Crippen LogP contribution in [0, 0.1) is 11.7 Å². The van der Waals surface area contributed by atoms with Crippen LogP contribution in [0.2, 0.25) is 0 Å². The SMILES string of the molecule is C[C@@H](O)c1cc(NC(=O)N2CCC([C@](C)(F)S(=O)(=O)c3cccc(F)c3)CC2)ccn1. The summed E-state index contributed by atoms with van der Waals surface area (Å²) in [5, 5.41) is 9.72. The molecule has 1 fully saturated rings. The van der Waals surface area contributed by atoms with E-state index in [0.29, 0.717) is 11.4 Å². The van der Waals surface area contributed by atoms with Crippen molar-refractivity contribution < 1.29 is 27.1 Å². The first-order chi connectivity index (χ1) is 14.5. The molecule has 31 heavy (non-hydrogen) atoms. The van der Waals surface area contributed by atoms with Gasteiger partial charge in [0.1, 0.15) is 5.82 Å². The number of carbonyl (C=O) groups is 1. The number of aliphatic hydroxyl groups excluding tert-OH is 1. The Morgan fingerprint density at radius 3 is 2.58 bits per heavy atom. The predicted molar refractivity (Wildman–Crippen MR) is 111 cm³/mol. The van der Waals surface area contributed by atoms with Gasteiger partial charge in [0, 0.05) is 30.9 Å². The van der Waals surface area contributed by atoms with Gasteiger partial charge >= 0.3 is 6.03 Å². The first-order valence-corrected chi connectivity index (χ1v) is 11.4. The molecule has 0 radical (unpaired) electrons. The van der Waals surface area contributed by atoms with Gasteiger partial charge in [-0.1, -0.05) is 6.07 Å². The number of nitrogens with zero attached hydrogens (tertiary/aromatic N) is 2. The highest BCUT2D eigenvalue weighted by molar-refractivity contribution is 7.92. The summed E-state index contributed by atoms with van der Waals surface area (Å²) in [6, 6.07) is 7.04. The van der Waals surface area contributed by atoms with Crippen molar-refractivity contribution in [1.82, 2.24) is 9.88 Å². The number of sulfone groups is 1. The Labute approximate surface area is 180 Å². The van der Waals surface area contributed by atoms with Crippen LogP contribution in [0.3, 0.4) is 0 Å². The van der Waals surface area contributed by atoms with Crippen LogP contribution in [0.4, 0.5) is 19.3 Å². The number of anilines is 1. The molecule has 0 aliphatic carbocycles. The number of aromatic nitrogens is 1. The van der Waals surface area contributed by atoms with E-state index >= 15 is 4.39 Å². The minimum absolute atomic E-state index is 0.143. The van der Waals surface area contributed by atoms with E-state index in [2.05, 4.69) is 10.3 Å². The summed E-state index contributed by atoms with van der Waals surface area (Å²) in [5.41, 5.74) is 0.870. The monoisotopic (exact) mass is 453 g/mol. The van der Waals surface area contributed by atoms with Crippen molar-refractivity contribution in [2.75, 3.05) is 18.4 Å². The normalized spacial score (nSPS) is 18.3. The molecule has 1 aliphatic heterocycles. The maximum Gasteiger partial charge on any atom is 0.321 e. The second-order valence-corrected chi connectivity index (χ2v) is 10.1. The van der Waals surface area contributed by atoms with E-state index in [1.165, 1.54) is 23.2 Å². The summed E-state index contributed by atoms with van der Waals surface area (Å²) in [7, 11) is -4.42. The molecule has 0 unspecified atom stereocenters. The van der Waals surface area contributed by atoms with E-state index in [1.807, 2.05) is 0 Å². The molecule has 2 amide bonds. The van der Waals surface area contributed by atoms with Crippen molar-refractivity contribution in [3.05, 3.63) is 54.1 Å². The van der Waals surface area contributed by atoms with Crippen molar-refractivity contribution in [1.29, 1.82) is 0 Å². The van der Waals surface area contributed by atoms with Gasteiger partial charge in [-0.15, -0.1) is 0 Å². The second kappa shape index (κ2) is 8.88. The lowest BCUT2D eigenvalue weighted by Gasteiger charge is -2.37. The zero-order valence-corrected chi connectivity index (χ0v) is 18.1. The van der Waals surface area contributed by atoms with E-state index in [-0.39, 0.29) is 25.9 Å². The molecule has 2 N–H and O–H groups in total. The van der Waals surface area contributed by atoms with Crippen molar-refractivity contribution in [2.45, 2.75) is 42.7 Å². The minimum Gasteiger partial charge on any atom is -0.387 e. The molecule has 1 aromatic carbocycles. The van der Waals surface area contributed by atoms with E-state index in [4.69, 9.17) is 0 Å². The number of alkyl halides is 1. The number of rotatable bonds is 5. The zero-order valence-electron chi connectivity index (χ0n) is 17.3. The predicted octanol–water partition coefficient (Wildman–Crippen LogP) is 3.68. The number of nitrogens with one attached hydrogen (secondary N) is 1. The molecular weight excluding hydrogens is 428 g/mol. The summed E-state index contributed by atoms with van der Waals surface area (Å²) in [6.45, 7) is 2.90. The lowest BCUT2D eigenvalue weighted by atomic mass is 9.92. The lowest BCUT2D eigenvalue weighted by Crippen LogP contribution is -2.48. The van der Waals surface area contributed by atoms with Crippen LogP contribution < -0.4 is 5.32 Å². The van der Waals surface area contributed by atoms with Crippen molar-refractivity contribution >= 4 is 21.6 Å². The molecular formula is C21H25F2N3O4S. The average Bonchev–Trinajstić information content (AvgIpc) is 2.74. The van der Waals surface area contributed by atoms with Crippen LogP contribution in [0.1, 0.15) is 38.5 Å². The van der Waals surface area contributed by atoms with Crippen molar-refractivity contribution in [3.8, 4) is 0 Å². The molecule has 0 spiro atoms. The number of hydrogen-bond acceptors (Lipinski definition) is 5. The Morgan fingerprint density at radius 1 is 1.29 bits per heavy atom. The molecule has 2 heterocycles. The first kappa shape index (κ1) is 23.1. The molecule has 10 heteroatoms. The zero-order chi connectivity index (χ0) is 22.8. The first-order valence-electron chi connectivity index (χ1n) is 9.91. The number of hydrogen-bond donors (Lipinski definition) is 2. The van der Waals surface area contributed by atoms with Gasteiger partial charge in [-0.05, 0) is 57.0 Å². The Hall–Kier alpha value is -2.59. The highest BCUT2D eigenvalue weighted by Gasteiger charge is 2.48. The van der Waals surface area contributed by atoms with Gasteiger partial charge in [-0.25, -0.2) is 22.0 Å². The number of piperidine rings is 1. The minimum atomic E-state index is -4.42. The Bertz CT molecular complexity index is 1050. The number of aliphatic hydroxyl groups is 1. The fourth-order valence-corrected chi connectivity index (χ4v) is 5.30. The molecule has 2 atom stereocenters. The maximum atomic E-state index is 15.5. The summed E-state index contributed by atoms with van der Waals surface area (Å²) in [5.74, 6) is -1.59. The Morgan fingerprint density at radius 2 is 1.97 bits per heavy atom. The standard InChI is InChI=1S/C21H25F2N3O4S/c1-14(27)19-13-17(6-9-24-19)25-20(28)26-10-7-15(8-11-26)21(2,23)31(29,30)18-5-3-4-16(22)12-18/h3-6,9,12-15,27H,7-8,10-11H2,1-2H3,(H,24,25,28)/t14-,21-/m1/s1. The number of likely N-dealkylation sites (tertiary alicyclic amines) is 1. The third kappa shape index (κ3) is 4.85. The van der Waals surface area contributed by atoms with Crippen LogP contribution in [0.25, 0.3) is 0 Å². The van der Waals surface area contributed by atoms with Crippen LogP contribution in [-0.2, 0) is 9.84 Å². The molecule has 3 rings (SSSR count). The molecule has 0 saturated carbocycles. The number of halogens is 2. The van der Waals surface area contributed by atoms with E-state index in [0.717, 1.165) is 19.1 Å². The summed E-state index contributed by atoms with van der Waals surface area (Å²) in [4.78, 5) is 17.6. The number of amides is 2. The average molecular weight is 454 g/mol. The van der Waals surface area contributed by atoms with Gasteiger partial charge in [0.05, 0.1) is 16.7 Å². The largest absolute Gasteiger partial charge is 0.387 e. The molecule has 2 aromatic rings. The topological polar surface area (TPSA) is 99.6 Å². The van der Waals surface area contributed by atoms with E-state index in [1.54, 1.807) is 19.1 Å². The molecule has 1 aromatic heterocycles. The molecule has 1 aliphatic rings. The van der Waals surface area contributed by atoms with Gasteiger partial charge in [0.2, 0.25) is 14.8 Å². The van der Waals surface area contributed by atoms with Crippen LogP contribution in [0.15, 0.2) is 47.5 Å². The quantitative estimate of drug-likeness (QED) is 0.720. The van der Waals surface area contributed by atoms with Gasteiger partial charge in [-0.2, -0.15) is 0 Å². The van der Waals surface area contributed by atoms with Crippen LogP contribution >= 0.6 is 0 Å². The van der Waals surface area contributed by atoms with Crippen LogP contribution in [0.5, 0.6) is 0 Å². The van der Waals surface area contributed by atoms with Gasteiger partial charge < -0.3 is 15.3 Å². The molecule has 168 valence electrons. The van der Waals surface area contributed by atoms with Gasteiger partial charge in [0.25, 0.3) is 0 Å². The Balaban J connectivity index is 1.65. The molecule has 1 saturated heterocycles. The highest BCUT2D eigenvalue weighted by Crippen LogP contribution is 2.39. The highest BCUT2D eigenvalue weighted by atomic mass is 32.2. The number of pyridine rings is 1.